The van der Waals surface area contributed by atoms with Gasteiger partial charge >= 0.3 is 0 Å². The van der Waals surface area contributed by atoms with Crippen molar-refractivity contribution in [1.29, 1.82) is 0 Å². The Labute approximate surface area is 193 Å². The maximum atomic E-state index is 6.11. The lowest BCUT2D eigenvalue weighted by molar-refractivity contribution is 0.130. The van der Waals surface area contributed by atoms with Crippen LogP contribution < -0.4 is 4.74 Å². The van der Waals surface area contributed by atoms with Crippen molar-refractivity contribution >= 4 is 0 Å². The first-order valence-corrected chi connectivity index (χ1v) is 12.2. The molecule has 168 valence electrons. The van der Waals surface area contributed by atoms with E-state index in [-0.39, 0.29) is 0 Å². The number of benzene rings is 3. The summed E-state index contributed by atoms with van der Waals surface area (Å²) in [4.78, 5) is 5.27. The Kier molecular flexibility index (Phi) is 8.76. The Bertz CT molecular complexity index is 905. The zero-order valence-electron chi connectivity index (χ0n) is 19.2. The number of ether oxygens (including phenoxy) is 1. The number of hydrogen-bond donors (Lipinski definition) is 0. The summed E-state index contributed by atoms with van der Waals surface area (Å²) in [6.07, 6.45) is 5.97. The summed E-state index contributed by atoms with van der Waals surface area (Å²) in [5, 5.41) is 0. The summed E-state index contributed by atoms with van der Waals surface area (Å²) in [5.74, 6) is 1.89. The van der Waals surface area contributed by atoms with Gasteiger partial charge in [-0.1, -0.05) is 66.7 Å². The van der Waals surface area contributed by atoms with Crippen molar-refractivity contribution in [3.8, 4) is 11.5 Å². The first-order valence-electron chi connectivity index (χ1n) is 12.2. The molecule has 3 heteroatoms. The molecule has 0 saturated carbocycles. The molecule has 0 aliphatic carbocycles. The largest absolute Gasteiger partial charge is 0.457 e. The number of hydrogen-bond acceptors (Lipinski definition) is 3. The first kappa shape index (κ1) is 22.6. The highest BCUT2D eigenvalue weighted by atomic mass is 16.5. The van der Waals surface area contributed by atoms with Crippen LogP contribution in [0.3, 0.4) is 0 Å². The predicted octanol–water partition coefficient (Wildman–Crippen LogP) is 6.05. The van der Waals surface area contributed by atoms with Crippen LogP contribution in [0.5, 0.6) is 11.5 Å². The van der Waals surface area contributed by atoms with E-state index in [0.717, 1.165) is 17.9 Å². The van der Waals surface area contributed by atoms with E-state index in [2.05, 4.69) is 64.4 Å². The molecule has 0 unspecified atom stereocenters. The summed E-state index contributed by atoms with van der Waals surface area (Å²) in [6, 6.07) is 29.4. The molecule has 3 aromatic rings. The lowest BCUT2D eigenvalue weighted by Gasteiger charge is -2.34. The van der Waals surface area contributed by atoms with Gasteiger partial charge in [-0.3, -0.25) is 0 Å². The fourth-order valence-electron chi connectivity index (χ4n) is 4.46. The molecule has 32 heavy (non-hydrogen) atoms. The number of nitrogens with zero attached hydrogens (tertiary/aromatic N) is 2. The number of unbranched alkanes of at least 4 members (excludes halogenated alkanes) is 1. The third-order valence-electron chi connectivity index (χ3n) is 6.36. The van der Waals surface area contributed by atoms with E-state index in [4.69, 9.17) is 4.74 Å². The van der Waals surface area contributed by atoms with Crippen molar-refractivity contribution in [3.63, 3.8) is 0 Å². The molecular weight excluding hydrogens is 392 g/mol. The predicted molar refractivity (Wildman–Crippen MR) is 134 cm³/mol. The summed E-state index contributed by atoms with van der Waals surface area (Å²) in [7, 11) is 0. The molecule has 4 rings (SSSR count). The molecule has 0 radical (unpaired) electrons. The summed E-state index contributed by atoms with van der Waals surface area (Å²) in [5.41, 5.74) is 2.77. The fraction of sp³-hybridized carbons (Fsp3) is 0.379. The topological polar surface area (TPSA) is 15.7 Å². The molecule has 1 fully saturated rings. The van der Waals surface area contributed by atoms with Gasteiger partial charge in [-0.15, -0.1) is 0 Å². The van der Waals surface area contributed by atoms with Crippen molar-refractivity contribution in [1.82, 2.24) is 9.80 Å². The van der Waals surface area contributed by atoms with Gasteiger partial charge in [0.1, 0.15) is 11.5 Å². The summed E-state index contributed by atoms with van der Waals surface area (Å²) < 4.78 is 6.11. The van der Waals surface area contributed by atoms with Gasteiger partial charge in [0, 0.05) is 26.2 Å². The van der Waals surface area contributed by atoms with Gasteiger partial charge in [0.05, 0.1) is 0 Å². The van der Waals surface area contributed by atoms with Crippen LogP contribution in [-0.4, -0.2) is 49.1 Å². The zero-order valence-corrected chi connectivity index (χ0v) is 19.2. The molecule has 0 spiro atoms. The van der Waals surface area contributed by atoms with Crippen LogP contribution in [0.15, 0.2) is 84.9 Å². The fourth-order valence-corrected chi connectivity index (χ4v) is 4.46. The highest BCUT2D eigenvalue weighted by molar-refractivity contribution is 5.37. The normalized spacial score (nSPS) is 15.0. The van der Waals surface area contributed by atoms with E-state index in [0.29, 0.717) is 0 Å². The molecule has 0 bridgehead atoms. The van der Waals surface area contributed by atoms with Crippen molar-refractivity contribution in [2.45, 2.75) is 32.1 Å². The van der Waals surface area contributed by atoms with Crippen molar-refractivity contribution < 1.29 is 4.74 Å². The average molecular weight is 429 g/mol. The van der Waals surface area contributed by atoms with E-state index < -0.39 is 0 Å². The minimum atomic E-state index is 0.904. The Morgan fingerprint density at radius 1 is 0.562 bits per heavy atom. The smallest absolute Gasteiger partial charge is 0.130 e. The maximum Gasteiger partial charge on any atom is 0.130 e. The van der Waals surface area contributed by atoms with Gasteiger partial charge in [-0.05, 0) is 74.5 Å². The number of piperazine rings is 1. The first-order chi connectivity index (χ1) is 15.9. The van der Waals surface area contributed by atoms with E-state index >= 15 is 0 Å². The zero-order chi connectivity index (χ0) is 21.8. The van der Waals surface area contributed by atoms with Gasteiger partial charge in [0.25, 0.3) is 0 Å². The third-order valence-corrected chi connectivity index (χ3v) is 6.36. The number of rotatable bonds is 11. The molecule has 3 aromatic carbocycles. The van der Waals surface area contributed by atoms with Crippen LogP contribution >= 0.6 is 0 Å². The second-order valence-electron chi connectivity index (χ2n) is 8.75. The highest BCUT2D eigenvalue weighted by Crippen LogP contribution is 2.26. The quantitative estimate of drug-likeness (QED) is 0.346. The Hall–Kier alpha value is -2.62. The lowest BCUT2D eigenvalue weighted by atomic mass is 10.1. The second kappa shape index (κ2) is 12.4. The van der Waals surface area contributed by atoms with Crippen LogP contribution in [0.2, 0.25) is 0 Å². The Balaban J connectivity index is 1.12. The SMILES string of the molecule is c1ccc(CCCN2CCN(CCCCc3ccccc3Oc3ccccc3)CC2)cc1. The lowest BCUT2D eigenvalue weighted by Crippen LogP contribution is -2.46. The van der Waals surface area contributed by atoms with Crippen LogP contribution in [0.4, 0.5) is 0 Å². The molecule has 0 amide bonds. The van der Waals surface area contributed by atoms with Crippen LogP contribution in [-0.2, 0) is 12.8 Å². The molecule has 1 aliphatic heterocycles. The van der Waals surface area contributed by atoms with Gasteiger partial charge in [0.15, 0.2) is 0 Å². The van der Waals surface area contributed by atoms with Crippen molar-refractivity contribution in [2.24, 2.45) is 0 Å². The van der Waals surface area contributed by atoms with E-state index in [1.165, 1.54) is 76.1 Å². The molecule has 0 N–H and O–H groups in total. The van der Waals surface area contributed by atoms with Gasteiger partial charge in [-0.2, -0.15) is 0 Å². The van der Waals surface area contributed by atoms with E-state index in [1.54, 1.807) is 0 Å². The standard InChI is InChI=1S/C29H36N2O/c1-3-12-26(13-4-1)14-11-21-31-24-22-30(23-25-31)20-10-9-16-27-15-7-8-19-29(27)32-28-17-5-2-6-18-28/h1-8,12-13,15,17-19H,9-11,14,16,20-25H2. The van der Waals surface area contributed by atoms with Crippen LogP contribution in [0.1, 0.15) is 30.4 Å². The van der Waals surface area contributed by atoms with Gasteiger partial charge in [0.2, 0.25) is 0 Å². The van der Waals surface area contributed by atoms with Crippen molar-refractivity contribution in [3.05, 3.63) is 96.1 Å². The van der Waals surface area contributed by atoms with Crippen LogP contribution in [0, 0.1) is 0 Å². The molecule has 1 aliphatic rings. The summed E-state index contributed by atoms with van der Waals surface area (Å²) in [6.45, 7) is 7.27. The summed E-state index contributed by atoms with van der Waals surface area (Å²) >= 11 is 0. The molecule has 3 nitrogen and oxygen atoms in total. The number of para-hydroxylation sites is 2. The maximum absolute atomic E-state index is 6.11. The van der Waals surface area contributed by atoms with Crippen molar-refractivity contribution in [2.75, 3.05) is 39.3 Å². The minimum Gasteiger partial charge on any atom is -0.457 e. The minimum absolute atomic E-state index is 0.904. The average Bonchev–Trinajstić information content (AvgIpc) is 2.85. The van der Waals surface area contributed by atoms with E-state index in [9.17, 15) is 0 Å². The number of aryl methyl sites for hydroxylation is 2. The van der Waals surface area contributed by atoms with Gasteiger partial charge in [-0.25, -0.2) is 0 Å². The molecule has 1 saturated heterocycles. The Morgan fingerprint density at radius 2 is 1.16 bits per heavy atom. The highest BCUT2D eigenvalue weighted by Gasteiger charge is 2.16. The van der Waals surface area contributed by atoms with E-state index in [1.807, 2.05) is 30.3 Å². The monoisotopic (exact) mass is 428 g/mol. The molecular formula is C29H36N2O. The Morgan fingerprint density at radius 3 is 1.88 bits per heavy atom. The van der Waals surface area contributed by atoms with Crippen LogP contribution in [0.25, 0.3) is 0 Å². The third kappa shape index (κ3) is 7.22. The molecule has 1 heterocycles. The second-order valence-corrected chi connectivity index (χ2v) is 8.75. The molecule has 0 atom stereocenters. The molecule has 0 aromatic heterocycles. The van der Waals surface area contributed by atoms with Gasteiger partial charge < -0.3 is 14.5 Å².